The van der Waals surface area contributed by atoms with Gasteiger partial charge < -0.3 is 8.85 Å². The molecule has 0 aliphatic carbocycles. The summed E-state index contributed by atoms with van der Waals surface area (Å²) in [6.07, 6.45) is 5.27. The molecule has 2 heterocycles. The molecule has 2 unspecified atom stereocenters. The van der Waals surface area contributed by atoms with Crippen molar-refractivity contribution < 1.29 is 8.85 Å². The minimum Gasteiger partial charge on any atom is -0.383 e. The summed E-state index contributed by atoms with van der Waals surface area (Å²) < 4.78 is 15.1. The Bertz CT molecular complexity index is 244. The molecule has 0 aromatic carbocycles. The molecule has 0 amide bonds. The Morgan fingerprint density at radius 2 is 2.18 bits per heavy atom. The van der Waals surface area contributed by atoms with Gasteiger partial charge in [-0.15, -0.1) is 0 Å². The summed E-state index contributed by atoms with van der Waals surface area (Å²) in [5.41, 5.74) is 0. The van der Waals surface area contributed by atoms with Gasteiger partial charge in [0.2, 0.25) is 0 Å². The molecule has 4 heteroatoms. The molecule has 0 N–H and O–H groups in total. The minimum absolute atomic E-state index is 0.661. The average molecular weight is 257 g/mol. The Morgan fingerprint density at radius 3 is 2.88 bits per heavy atom. The SMILES string of the molecule is CCO[Si]1(CC(C)C)OCCC2CCCCN21. The van der Waals surface area contributed by atoms with Crippen LogP contribution in [0, 0.1) is 5.92 Å². The molecule has 2 atom stereocenters. The number of rotatable bonds is 4. The first-order valence-electron chi connectivity index (χ1n) is 7.22. The van der Waals surface area contributed by atoms with Gasteiger partial charge in [-0.3, -0.25) is 4.57 Å². The van der Waals surface area contributed by atoms with E-state index in [2.05, 4.69) is 25.3 Å². The van der Waals surface area contributed by atoms with E-state index in [9.17, 15) is 0 Å². The first-order chi connectivity index (χ1) is 8.18. The van der Waals surface area contributed by atoms with Crippen molar-refractivity contribution in [2.24, 2.45) is 5.92 Å². The van der Waals surface area contributed by atoms with Crippen molar-refractivity contribution in [3.8, 4) is 0 Å². The summed E-state index contributed by atoms with van der Waals surface area (Å²) in [7, 11) is -2.07. The van der Waals surface area contributed by atoms with Crippen LogP contribution in [0.5, 0.6) is 0 Å². The van der Waals surface area contributed by atoms with Crippen LogP contribution >= 0.6 is 0 Å². The molecule has 2 aliphatic heterocycles. The standard InChI is InChI=1S/C13H27NO2Si/c1-4-15-17(11-12(2)3)14-9-6-5-7-13(14)8-10-16-17/h12-13H,4-11H2,1-3H3. The molecule has 0 radical (unpaired) electrons. The lowest BCUT2D eigenvalue weighted by Crippen LogP contribution is -2.66. The molecule has 0 saturated carbocycles. The number of nitrogens with zero attached hydrogens (tertiary/aromatic N) is 1. The number of hydrogen-bond donors (Lipinski definition) is 0. The molecule has 2 saturated heterocycles. The van der Waals surface area contributed by atoms with Gasteiger partial charge in [-0.2, -0.15) is 0 Å². The molecule has 0 aromatic rings. The zero-order valence-electron chi connectivity index (χ0n) is 11.6. The highest BCUT2D eigenvalue weighted by Crippen LogP contribution is 2.35. The highest BCUT2D eigenvalue weighted by molar-refractivity contribution is 6.64. The quantitative estimate of drug-likeness (QED) is 0.723. The highest BCUT2D eigenvalue weighted by Gasteiger charge is 2.51. The van der Waals surface area contributed by atoms with Crippen molar-refractivity contribution in [3.63, 3.8) is 0 Å². The Labute approximate surface area is 107 Å². The minimum atomic E-state index is -2.07. The maximum absolute atomic E-state index is 6.23. The summed E-state index contributed by atoms with van der Waals surface area (Å²) in [6, 6.07) is 1.87. The predicted octanol–water partition coefficient (Wildman–Crippen LogP) is 2.89. The molecular formula is C13H27NO2Si. The fraction of sp³-hybridized carbons (Fsp3) is 1.00. The normalized spacial score (nSPS) is 34.9. The first-order valence-corrected chi connectivity index (χ1v) is 9.19. The average Bonchev–Trinajstić information content (AvgIpc) is 2.29. The van der Waals surface area contributed by atoms with Gasteiger partial charge in [0.15, 0.2) is 0 Å². The second-order valence-corrected chi connectivity index (χ2v) is 8.71. The molecule has 17 heavy (non-hydrogen) atoms. The second-order valence-electron chi connectivity index (χ2n) is 5.72. The van der Waals surface area contributed by atoms with Crippen LogP contribution in [0.15, 0.2) is 0 Å². The third-order valence-corrected chi connectivity index (χ3v) is 8.07. The first kappa shape index (κ1) is 13.5. The summed E-state index contributed by atoms with van der Waals surface area (Å²) in [4.78, 5) is 0. The fourth-order valence-corrected chi connectivity index (χ4v) is 7.41. The Hall–Kier alpha value is 0.0969. The van der Waals surface area contributed by atoms with E-state index in [4.69, 9.17) is 8.85 Å². The van der Waals surface area contributed by atoms with E-state index in [-0.39, 0.29) is 0 Å². The molecule has 2 rings (SSSR count). The van der Waals surface area contributed by atoms with E-state index >= 15 is 0 Å². The summed E-state index contributed by atoms with van der Waals surface area (Å²) >= 11 is 0. The van der Waals surface area contributed by atoms with Crippen LogP contribution < -0.4 is 0 Å². The van der Waals surface area contributed by atoms with Gasteiger partial charge in [0.25, 0.3) is 0 Å². The van der Waals surface area contributed by atoms with Crippen LogP contribution in [-0.2, 0) is 8.85 Å². The van der Waals surface area contributed by atoms with Gasteiger partial charge in [0.1, 0.15) is 0 Å². The fourth-order valence-electron chi connectivity index (χ4n) is 3.29. The van der Waals surface area contributed by atoms with Crippen LogP contribution in [0.4, 0.5) is 0 Å². The van der Waals surface area contributed by atoms with Gasteiger partial charge >= 0.3 is 8.72 Å². The molecule has 0 spiro atoms. The third-order valence-electron chi connectivity index (χ3n) is 3.88. The molecule has 0 bridgehead atoms. The van der Waals surface area contributed by atoms with Gasteiger partial charge in [-0.25, -0.2) is 0 Å². The lowest BCUT2D eigenvalue weighted by Gasteiger charge is -2.50. The molecular weight excluding hydrogens is 230 g/mol. The van der Waals surface area contributed by atoms with Crippen molar-refractivity contribution in [3.05, 3.63) is 0 Å². The Morgan fingerprint density at radius 1 is 1.35 bits per heavy atom. The van der Waals surface area contributed by atoms with E-state index in [1.165, 1.54) is 32.2 Å². The predicted molar refractivity (Wildman–Crippen MR) is 71.9 cm³/mol. The van der Waals surface area contributed by atoms with Crippen molar-refractivity contribution in [2.45, 2.75) is 58.5 Å². The summed E-state index contributed by atoms with van der Waals surface area (Å²) in [5, 5.41) is 0. The third kappa shape index (κ3) is 2.92. The maximum atomic E-state index is 6.23. The smallest absolute Gasteiger partial charge is 0.383 e. The van der Waals surface area contributed by atoms with Crippen molar-refractivity contribution >= 4 is 8.72 Å². The number of hydrogen-bond acceptors (Lipinski definition) is 3. The van der Waals surface area contributed by atoms with Gasteiger partial charge in [-0.1, -0.05) is 20.3 Å². The van der Waals surface area contributed by atoms with Crippen LogP contribution in [0.3, 0.4) is 0 Å². The molecule has 2 aliphatic rings. The number of piperidine rings is 1. The Balaban J connectivity index is 2.15. The van der Waals surface area contributed by atoms with Crippen LogP contribution in [0.25, 0.3) is 0 Å². The van der Waals surface area contributed by atoms with Crippen molar-refractivity contribution in [1.29, 1.82) is 0 Å². The van der Waals surface area contributed by atoms with Crippen molar-refractivity contribution in [2.75, 3.05) is 19.8 Å². The lowest BCUT2D eigenvalue weighted by molar-refractivity contribution is 0.0330. The largest absolute Gasteiger partial charge is 0.428 e. The summed E-state index contributed by atoms with van der Waals surface area (Å²) in [6.45, 7) is 9.58. The van der Waals surface area contributed by atoms with Crippen LogP contribution in [0.2, 0.25) is 6.04 Å². The number of fused-ring (bicyclic) bond motifs is 1. The van der Waals surface area contributed by atoms with Crippen molar-refractivity contribution in [1.82, 2.24) is 4.57 Å². The molecule has 2 fully saturated rings. The molecule has 0 aromatic heterocycles. The monoisotopic (exact) mass is 257 g/mol. The van der Waals surface area contributed by atoms with E-state index in [1.54, 1.807) is 0 Å². The summed E-state index contributed by atoms with van der Waals surface area (Å²) in [5.74, 6) is 0.661. The highest BCUT2D eigenvalue weighted by atomic mass is 28.4. The second kappa shape index (κ2) is 5.82. The van der Waals surface area contributed by atoms with Gasteiger partial charge in [0.05, 0.1) is 0 Å². The van der Waals surface area contributed by atoms with E-state index in [0.717, 1.165) is 25.3 Å². The van der Waals surface area contributed by atoms with Crippen LogP contribution in [-0.4, -0.2) is 39.1 Å². The van der Waals surface area contributed by atoms with Crippen LogP contribution in [0.1, 0.15) is 46.5 Å². The topological polar surface area (TPSA) is 21.7 Å². The zero-order chi connectivity index (χ0) is 12.3. The zero-order valence-corrected chi connectivity index (χ0v) is 12.6. The van der Waals surface area contributed by atoms with E-state index < -0.39 is 8.72 Å². The molecule has 3 nitrogen and oxygen atoms in total. The molecule has 100 valence electrons. The van der Waals surface area contributed by atoms with E-state index in [1.807, 2.05) is 0 Å². The maximum Gasteiger partial charge on any atom is 0.428 e. The van der Waals surface area contributed by atoms with Gasteiger partial charge in [-0.05, 0) is 38.6 Å². The lowest BCUT2D eigenvalue weighted by atomic mass is 10.0. The van der Waals surface area contributed by atoms with Gasteiger partial charge in [0, 0.05) is 25.3 Å². The Kier molecular flexibility index (Phi) is 4.63. The van der Waals surface area contributed by atoms with E-state index in [0.29, 0.717) is 5.92 Å².